The van der Waals surface area contributed by atoms with Crippen molar-refractivity contribution in [2.24, 2.45) is 0 Å². The highest BCUT2D eigenvalue weighted by atomic mass is 16.6. The summed E-state index contributed by atoms with van der Waals surface area (Å²) in [5.41, 5.74) is -0.452. The third-order valence-electron chi connectivity index (χ3n) is 2.48. The van der Waals surface area contributed by atoms with Gasteiger partial charge in [0.05, 0.1) is 6.10 Å². The molecule has 4 heteroatoms. The Morgan fingerprint density at radius 3 is 2.53 bits per heavy atom. The van der Waals surface area contributed by atoms with Gasteiger partial charge in [0.15, 0.2) is 0 Å². The Kier molecular flexibility index (Phi) is 3.60. The van der Waals surface area contributed by atoms with Crippen LogP contribution in [0.2, 0.25) is 0 Å². The molecule has 0 aromatic carbocycles. The van der Waals surface area contributed by atoms with E-state index >= 15 is 0 Å². The number of amides is 1. The Labute approximate surface area is 91.2 Å². The van der Waals surface area contributed by atoms with Crippen molar-refractivity contribution in [2.75, 3.05) is 6.54 Å². The summed E-state index contributed by atoms with van der Waals surface area (Å²) in [7, 11) is 0. The van der Waals surface area contributed by atoms with E-state index in [2.05, 4.69) is 0 Å². The van der Waals surface area contributed by atoms with Gasteiger partial charge < -0.3 is 14.7 Å². The van der Waals surface area contributed by atoms with Crippen LogP contribution in [-0.4, -0.2) is 40.4 Å². The third kappa shape index (κ3) is 3.70. The zero-order chi connectivity index (χ0) is 11.6. The van der Waals surface area contributed by atoms with Crippen molar-refractivity contribution < 1.29 is 14.6 Å². The van der Waals surface area contributed by atoms with E-state index < -0.39 is 5.60 Å². The summed E-state index contributed by atoms with van der Waals surface area (Å²) in [6.45, 7) is 8.08. The van der Waals surface area contributed by atoms with Gasteiger partial charge in [0.1, 0.15) is 5.60 Å². The fourth-order valence-corrected chi connectivity index (χ4v) is 1.74. The van der Waals surface area contributed by atoms with Gasteiger partial charge in [0.25, 0.3) is 0 Å². The first-order valence-corrected chi connectivity index (χ1v) is 5.47. The van der Waals surface area contributed by atoms with Crippen LogP contribution >= 0.6 is 0 Å². The van der Waals surface area contributed by atoms with E-state index in [1.54, 1.807) is 4.90 Å². The Morgan fingerprint density at radius 1 is 1.47 bits per heavy atom. The minimum Gasteiger partial charge on any atom is -0.444 e. The average Bonchev–Trinajstić information content (AvgIpc) is 1.99. The molecule has 1 N–H and O–H groups in total. The molecule has 1 fully saturated rings. The van der Waals surface area contributed by atoms with Gasteiger partial charge >= 0.3 is 6.09 Å². The molecule has 0 aromatic heterocycles. The van der Waals surface area contributed by atoms with Gasteiger partial charge in [-0.15, -0.1) is 0 Å². The number of aliphatic hydroxyl groups excluding tert-OH is 1. The Hall–Kier alpha value is -0.770. The van der Waals surface area contributed by atoms with Crippen molar-refractivity contribution in [3.05, 3.63) is 0 Å². The van der Waals surface area contributed by atoms with Crippen molar-refractivity contribution >= 4 is 6.09 Å². The molecule has 1 rings (SSSR count). The molecule has 0 aliphatic carbocycles. The molecule has 1 heterocycles. The molecular weight excluding hydrogens is 194 g/mol. The van der Waals surface area contributed by atoms with Crippen LogP contribution in [0.3, 0.4) is 0 Å². The van der Waals surface area contributed by atoms with Crippen molar-refractivity contribution in [1.82, 2.24) is 4.90 Å². The predicted octanol–water partition coefficient (Wildman–Crippen LogP) is 1.77. The molecule has 0 saturated carbocycles. The first-order valence-electron chi connectivity index (χ1n) is 5.47. The maximum Gasteiger partial charge on any atom is 0.410 e. The summed E-state index contributed by atoms with van der Waals surface area (Å²) in [6.07, 6.45) is 0.726. The van der Waals surface area contributed by atoms with Crippen LogP contribution in [-0.2, 0) is 4.74 Å². The van der Waals surface area contributed by atoms with E-state index in [9.17, 15) is 9.90 Å². The minimum atomic E-state index is -0.452. The van der Waals surface area contributed by atoms with Gasteiger partial charge in [-0.1, -0.05) is 0 Å². The summed E-state index contributed by atoms with van der Waals surface area (Å²) in [5.74, 6) is 0. The predicted molar refractivity (Wildman–Crippen MR) is 57.6 cm³/mol. The molecule has 0 bridgehead atoms. The second kappa shape index (κ2) is 4.39. The number of hydrogen-bond acceptors (Lipinski definition) is 3. The molecule has 1 aliphatic rings. The topological polar surface area (TPSA) is 49.8 Å². The molecule has 0 radical (unpaired) electrons. The van der Waals surface area contributed by atoms with Gasteiger partial charge in [-0.05, 0) is 40.5 Å². The Morgan fingerprint density at radius 2 is 2.07 bits per heavy atom. The second-order valence-corrected chi connectivity index (χ2v) is 5.20. The molecule has 4 nitrogen and oxygen atoms in total. The summed E-state index contributed by atoms with van der Waals surface area (Å²) in [4.78, 5) is 13.4. The van der Waals surface area contributed by atoms with Gasteiger partial charge in [-0.2, -0.15) is 0 Å². The van der Waals surface area contributed by atoms with Crippen LogP contribution < -0.4 is 0 Å². The monoisotopic (exact) mass is 215 g/mol. The second-order valence-electron chi connectivity index (χ2n) is 5.20. The molecule has 0 spiro atoms. The van der Waals surface area contributed by atoms with E-state index in [-0.39, 0.29) is 18.2 Å². The quantitative estimate of drug-likeness (QED) is 0.670. The number of nitrogens with zero attached hydrogens (tertiary/aromatic N) is 1. The van der Waals surface area contributed by atoms with Gasteiger partial charge in [0.2, 0.25) is 0 Å². The molecule has 1 aliphatic heterocycles. The number of likely N-dealkylation sites (tertiary alicyclic amines) is 1. The van der Waals surface area contributed by atoms with Crippen LogP contribution in [0.15, 0.2) is 0 Å². The molecule has 1 saturated heterocycles. The molecular formula is C11H21NO3. The fraction of sp³-hybridized carbons (Fsp3) is 0.909. The number of piperidine rings is 1. The van der Waals surface area contributed by atoms with Crippen LogP contribution in [0.5, 0.6) is 0 Å². The van der Waals surface area contributed by atoms with Crippen LogP contribution in [0.1, 0.15) is 40.5 Å². The highest BCUT2D eigenvalue weighted by Gasteiger charge is 2.30. The van der Waals surface area contributed by atoms with Crippen molar-refractivity contribution in [1.29, 1.82) is 0 Å². The lowest BCUT2D eigenvalue weighted by Crippen LogP contribution is -2.47. The molecule has 88 valence electrons. The highest BCUT2D eigenvalue weighted by molar-refractivity contribution is 5.68. The third-order valence-corrected chi connectivity index (χ3v) is 2.48. The lowest BCUT2D eigenvalue weighted by molar-refractivity contribution is -0.00456. The molecule has 0 unspecified atom stereocenters. The molecule has 1 amide bonds. The van der Waals surface area contributed by atoms with Crippen molar-refractivity contribution in [2.45, 2.75) is 58.3 Å². The standard InChI is InChI=1S/C11H21NO3/c1-8-7-9(13)5-6-12(8)10(14)15-11(2,3)4/h8-9,13H,5-7H2,1-4H3/t8-,9+/m1/s1. The van der Waals surface area contributed by atoms with Crippen LogP contribution in [0.4, 0.5) is 4.79 Å². The van der Waals surface area contributed by atoms with E-state index in [1.807, 2.05) is 27.7 Å². The normalized spacial score (nSPS) is 27.7. The average molecular weight is 215 g/mol. The number of aliphatic hydroxyl groups is 1. The van der Waals surface area contributed by atoms with Crippen molar-refractivity contribution in [3.8, 4) is 0 Å². The first-order chi connectivity index (χ1) is 6.79. The summed E-state index contributed by atoms with van der Waals surface area (Å²) in [6, 6.07) is 0.0589. The van der Waals surface area contributed by atoms with E-state index in [0.29, 0.717) is 19.4 Å². The number of carbonyl (C=O) groups excluding carboxylic acids is 1. The Balaban J connectivity index is 2.53. The fourth-order valence-electron chi connectivity index (χ4n) is 1.74. The lowest BCUT2D eigenvalue weighted by Gasteiger charge is -2.36. The van der Waals surface area contributed by atoms with Crippen LogP contribution in [0.25, 0.3) is 0 Å². The maximum atomic E-state index is 11.8. The molecule has 15 heavy (non-hydrogen) atoms. The summed E-state index contributed by atoms with van der Waals surface area (Å²) in [5, 5.41) is 9.43. The Bertz CT molecular complexity index is 234. The van der Waals surface area contributed by atoms with E-state index in [4.69, 9.17) is 4.74 Å². The van der Waals surface area contributed by atoms with E-state index in [1.165, 1.54) is 0 Å². The number of ether oxygens (including phenoxy) is 1. The SMILES string of the molecule is C[C@@H]1C[C@@H](O)CCN1C(=O)OC(C)(C)C. The summed E-state index contributed by atoms with van der Waals surface area (Å²) >= 11 is 0. The van der Waals surface area contributed by atoms with E-state index in [0.717, 1.165) is 0 Å². The lowest BCUT2D eigenvalue weighted by atomic mass is 10.0. The van der Waals surface area contributed by atoms with Gasteiger partial charge in [-0.3, -0.25) is 0 Å². The minimum absolute atomic E-state index is 0.0589. The maximum absolute atomic E-state index is 11.8. The molecule has 2 atom stereocenters. The zero-order valence-corrected chi connectivity index (χ0v) is 9.99. The smallest absolute Gasteiger partial charge is 0.410 e. The van der Waals surface area contributed by atoms with Crippen LogP contribution in [0, 0.1) is 0 Å². The van der Waals surface area contributed by atoms with Gasteiger partial charge in [-0.25, -0.2) is 4.79 Å². The van der Waals surface area contributed by atoms with Gasteiger partial charge in [0, 0.05) is 12.6 Å². The summed E-state index contributed by atoms with van der Waals surface area (Å²) < 4.78 is 5.29. The number of carbonyl (C=O) groups is 1. The zero-order valence-electron chi connectivity index (χ0n) is 9.99. The molecule has 0 aromatic rings. The number of rotatable bonds is 0. The first kappa shape index (κ1) is 12.3. The number of hydrogen-bond donors (Lipinski definition) is 1. The largest absolute Gasteiger partial charge is 0.444 e. The highest BCUT2D eigenvalue weighted by Crippen LogP contribution is 2.20. The van der Waals surface area contributed by atoms with Crippen molar-refractivity contribution in [3.63, 3.8) is 0 Å².